The van der Waals surface area contributed by atoms with Crippen LogP contribution in [0.2, 0.25) is 0 Å². The Morgan fingerprint density at radius 3 is 2.35 bits per heavy atom. The van der Waals surface area contributed by atoms with Crippen molar-refractivity contribution in [3.63, 3.8) is 0 Å². The van der Waals surface area contributed by atoms with Gasteiger partial charge in [-0.05, 0) is 55.0 Å². The van der Waals surface area contributed by atoms with Gasteiger partial charge in [0.1, 0.15) is 11.6 Å². The maximum absolute atomic E-state index is 14.1. The van der Waals surface area contributed by atoms with Gasteiger partial charge in [0, 0.05) is 12.6 Å². The molecule has 0 spiro atoms. The summed E-state index contributed by atoms with van der Waals surface area (Å²) in [6, 6.07) is 18.2. The highest BCUT2D eigenvalue weighted by Crippen LogP contribution is 2.25. The Bertz CT molecular complexity index is 1180. The van der Waals surface area contributed by atoms with Gasteiger partial charge in [-0.3, -0.25) is 9.10 Å². The summed E-state index contributed by atoms with van der Waals surface area (Å²) in [5.41, 5.74) is 0.978. The monoisotopic (exact) mass is 442 g/mol. The third-order valence-corrected chi connectivity index (χ3v) is 6.68. The fraction of sp³-hybridized carbons (Fsp3) is 0.174. The van der Waals surface area contributed by atoms with Crippen LogP contribution >= 0.6 is 0 Å². The molecule has 1 amide bonds. The topological polar surface area (TPSA) is 75.7 Å². The molecule has 1 atom stereocenters. The van der Waals surface area contributed by atoms with Crippen LogP contribution < -0.4 is 14.4 Å². The highest BCUT2D eigenvalue weighted by atomic mass is 32.2. The summed E-state index contributed by atoms with van der Waals surface area (Å²) in [4.78, 5) is 12.6. The summed E-state index contributed by atoms with van der Waals surface area (Å²) < 4.78 is 46.0. The minimum Gasteiger partial charge on any atom is -0.497 e. The van der Waals surface area contributed by atoms with Crippen molar-refractivity contribution in [2.24, 2.45) is 0 Å². The number of hydrogen-bond acceptors (Lipinski definition) is 4. The average molecular weight is 443 g/mol. The summed E-state index contributed by atoms with van der Waals surface area (Å²) in [7, 11) is -1.22. The lowest BCUT2D eigenvalue weighted by Crippen LogP contribution is -2.29. The summed E-state index contributed by atoms with van der Waals surface area (Å²) in [5, 5.41) is 2.85. The normalized spacial score (nSPS) is 12.1. The molecule has 0 aliphatic carbocycles. The molecule has 3 aromatic carbocycles. The first-order valence-corrected chi connectivity index (χ1v) is 11.0. The van der Waals surface area contributed by atoms with Crippen molar-refractivity contribution in [3.05, 3.63) is 89.7 Å². The van der Waals surface area contributed by atoms with Gasteiger partial charge in [-0.15, -0.1) is 0 Å². The molecule has 31 heavy (non-hydrogen) atoms. The molecule has 0 bridgehead atoms. The van der Waals surface area contributed by atoms with Gasteiger partial charge in [0.15, 0.2) is 0 Å². The van der Waals surface area contributed by atoms with Crippen molar-refractivity contribution in [2.75, 3.05) is 18.5 Å². The maximum atomic E-state index is 14.1. The second kappa shape index (κ2) is 9.18. The number of carbonyl (C=O) groups is 1. The summed E-state index contributed by atoms with van der Waals surface area (Å²) in [6.07, 6.45) is 0. The Morgan fingerprint density at radius 2 is 1.71 bits per heavy atom. The summed E-state index contributed by atoms with van der Waals surface area (Å²) in [6.45, 7) is 1.83. The SMILES string of the molecule is COc1ccc(C(C)NC(=O)c2cccc(S(=O)(=O)N(C)c3ccccc3F)c2)cc1. The minimum atomic E-state index is -4.06. The highest BCUT2D eigenvalue weighted by molar-refractivity contribution is 7.92. The molecule has 162 valence electrons. The van der Waals surface area contributed by atoms with Crippen LogP contribution in [0.3, 0.4) is 0 Å². The number of ether oxygens (including phenoxy) is 1. The second-order valence-corrected chi connectivity index (χ2v) is 8.89. The molecule has 0 aliphatic rings. The zero-order valence-electron chi connectivity index (χ0n) is 17.4. The molecule has 0 saturated heterocycles. The number of sulfonamides is 1. The molecule has 0 aromatic heterocycles. The predicted octanol–water partition coefficient (Wildman–Crippen LogP) is 4.15. The van der Waals surface area contributed by atoms with Crippen LogP contribution in [0.25, 0.3) is 0 Å². The molecule has 6 nitrogen and oxygen atoms in total. The van der Waals surface area contributed by atoms with Crippen LogP contribution in [0.5, 0.6) is 5.75 Å². The molecule has 0 aliphatic heterocycles. The van der Waals surface area contributed by atoms with Crippen LogP contribution in [0.15, 0.2) is 77.7 Å². The molecule has 0 fully saturated rings. The van der Waals surface area contributed by atoms with E-state index < -0.39 is 21.7 Å². The lowest BCUT2D eigenvalue weighted by atomic mass is 10.1. The number of benzene rings is 3. The van der Waals surface area contributed by atoms with E-state index in [0.29, 0.717) is 5.75 Å². The number of hydrogen-bond donors (Lipinski definition) is 1. The van der Waals surface area contributed by atoms with Gasteiger partial charge in [-0.25, -0.2) is 12.8 Å². The first-order valence-electron chi connectivity index (χ1n) is 9.52. The minimum absolute atomic E-state index is 0.0783. The number of methoxy groups -OCH3 is 1. The molecule has 3 rings (SSSR count). The van der Waals surface area contributed by atoms with E-state index >= 15 is 0 Å². The van der Waals surface area contributed by atoms with Crippen molar-refractivity contribution in [1.29, 1.82) is 0 Å². The number of carbonyl (C=O) groups excluding carboxylic acids is 1. The van der Waals surface area contributed by atoms with E-state index in [1.165, 1.54) is 49.5 Å². The fourth-order valence-corrected chi connectivity index (χ4v) is 4.30. The van der Waals surface area contributed by atoms with Gasteiger partial charge >= 0.3 is 0 Å². The van der Waals surface area contributed by atoms with Crippen molar-refractivity contribution in [1.82, 2.24) is 5.32 Å². The van der Waals surface area contributed by atoms with E-state index in [4.69, 9.17) is 4.74 Å². The van der Waals surface area contributed by atoms with Gasteiger partial charge in [0.05, 0.1) is 23.7 Å². The number of nitrogens with one attached hydrogen (secondary N) is 1. The van der Waals surface area contributed by atoms with Gasteiger partial charge in [-0.2, -0.15) is 0 Å². The van der Waals surface area contributed by atoms with E-state index in [1.54, 1.807) is 25.3 Å². The molecule has 3 aromatic rings. The molecule has 1 unspecified atom stereocenters. The van der Waals surface area contributed by atoms with Crippen LogP contribution in [-0.2, 0) is 10.0 Å². The van der Waals surface area contributed by atoms with Crippen LogP contribution in [0, 0.1) is 5.82 Å². The van der Waals surface area contributed by atoms with E-state index in [1.807, 2.05) is 19.1 Å². The quantitative estimate of drug-likeness (QED) is 0.596. The Labute approximate surface area is 181 Å². The number of nitrogens with zero attached hydrogens (tertiary/aromatic N) is 1. The molecule has 8 heteroatoms. The number of para-hydroxylation sites is 1. The van der Waals surface area contributed by atoms with Gasteiger partial charge < -0.3 is 10.1 Å². The average Bonchev–Trinajstić information content (AvgIpc) is 2.79. The van der Waals surface area contributed by atoms with Gasteiger partial charge in [0.2, 0.25) is 0 Å². The van der Waals surface area contributed by atoms with Gasteiger partial charge in [-0.1, -0.05) is 30.3 Å². The van der Waals surface area contributed by atoms with Crippen LogP contribution in [0.4, 0.5) is 10.1 Å². The number of rotatable bonds is 7. The molecule has 0 heterocycles. The second-order valence-electron chi connectivity index (χ2n) is 6.92. The zero-order valence-corrected chi connectivity index (χ0v) is 18.2. The Balaban J connectivity index is 1.81. The van der Waals surface area contributed by atoms with Crippen molar-refractivity contribution in [3.8, 4) is 5.75 Å². The number of amides is 1. The zero-order chi connectivity index (χ0) is 22.6. The van der Waals surface area contributed by atoms with Crippen molar-refractivity contribution >= 4 is 21.6 Å². The first kappa shape index (κ1) is 22.3. The number of anilines is 1. The molecular weight excluding hydrogens is 419 g/mol. The van der Waals surface area contributed by atoms with Crippen LogP contribution in [-0.4, -0.2) is 28.5 Å². The fourth-order valence-electron chi connectivity index (χ4n) is 3.05. The predicted molar refractivity (Wildman–Crippen MR) is 117 cm³/mol. The Morgan fingerprint density at radius 1 is 1.03 bits per heavy atom. The number of halogens is 1. The van der Waals surface area contributed by atoms with Crippen LogP contribution in [0.1, 0.15) is 28.9 Å². The summed E-state index contributed by atoms with van der Waals surface area (Å²) >= 11 is 0. The third kappa shape index (κ3) is 4.86. The maximum Gasteiger partial charge on any atom is 0.264 e. The van der Waals surface area contributed by atoms with E-state index in [0.717, 1.165) is 9.87 Å². The molecule has 0 radical (unpaired) electrons. The van der Waals surface area contributed by atoms with E-state index in [9.17, 15) is 17.6 Å². The van der Waals surface area contributed by atoms with Crippen molar-refractivity contribution < 1.29 is 22.3 Å². The Kier molecular flexibility index (Phi) is 6.60. The third-order valence-electron chi connectivity index (χ3n) is 4.91. The van der Waals surface area contributed by atoms with E-state index in [-0.39, 0.29) is 22.2 Å². The lowest BCUT2D eigenvalue weighted by molar-refractivity contribution is 0.0939. The van der Waals surface area contributed by atoms with E-state index in [2.05, 4.69) is 5.32 Å². The lowest BCUT2D eigenvalue weighted by Gasteiger charge is -2.20. The summed E-state index contributed by atoms with van der Waals surface area (Å²) in [5.74, 6) is -0.371. The van der Waals surface area contributed by atoms with Crippen molar-refractivity contribution in [2.45, 2.75) is 17.9 Å². The van der Waals surface area contributed by atoms with Gasteiger partial charge in [0.25, 0.3) is 15.9 Å². The molecular formula is C23H23FN2O4S. The standard InChI is InChI=1S/C23H23FN2O4S/c1-16(17-11-13-19(30-3)14-12-17)25-23(27)18-7-6-8-20(15-18)31(28,29)26(2)22-10-5-4-9-21(22)24/h4-16H,1-3H3,(H,25,27). The Hall–Kier alpha value is -3.39. The highest BCUT2D eigenvalue weighted by Gasteiger charge is 2.24. The largest absolute Gasteiger partial charge is 0.497 e. The molecule has 1 N–H and O–H groups in total. The smallest absolute Gasteiger partial charge is 0.264 e. The molecule has 0 saturated carbocycles. The first-order chi connectivity index (χ1) is 14.7.